The second-order valence-corrected chi connectivity index (χ2v) is 2.34. The van der Waals surface area contributed by atoms with Crippen LogP contribution in [0, 0.1) is 0 Å². The average molecular weight is 152 g/mol. The quantitative estimate of drug-likeness (QED) is 0.691. The van der Waals surface area contributed by atoms with E-state index in [1.165, 1.54) is 5.56 Å². The predicted octanol–water partition coefficient (Wildman–Crippen LogP) is 1.61. The van der Waals surface area contributed by atoms with Gasteiger partial charge in [-0.05, 0) is 25.6 Å². The van der Waals surface area contributed by atoms with E-state index in [0.717, 1.165) is 13.0 Å². The van der Waals surface area contributed by atoms with Crippen molar-refractivity contribution in [2.24, 2.45) is 0 Å². The van der Waals surface area contributed by atoms with Crippen LogP contribution in [0.25, 0.3) is 0 Å². The topological polar surface area (TPSA) is 47.0 Å². The second kappa shape index (κ2) is 5.89. The Balaban J connectivity index is 0.000001000. The van der Waals surface area contributed by atoms with Gasteiger partial charge in [0.25, 0.3) is 0 Å². The lowest BCUT2D eigenvalue weighted by molar-refractivity contribution is 0.792. The van der Waals surface area contributed by atoms with Gasteiger partial charge in [0.1, 0.15) is 0 Å². The van der Waals surface area contributed by atoms with Crippen LogP contribution in [0.3, 0.4) is 0 Å². The molecule has 0 spiro atoms. The number of rotatable bonds is 3. The molecule has 0 heterocycles. The summed E-state index contributed by atoms with van der Waals surface area (Å²) in [6.07, 6.45) is 1.12. The fourth-order valence-electron chi connectivity index (χ4n) is 0.914. The SMILES string of the molecule is CNCCc1ccccc1.N. The first-order valence-corrected chi connectivity index (χ1v) is 3.62. The van der Waals surface area contributed by atoms with Gasteiger partial charge in [0.2, 0.25) is 0 Å². The summed E-state index contributed by atoms with van der Waals surface area (Å²) < 4.78 is 0. The number of hydrogen-bond acceptors (Lipinski definition) is 2. The molecule has 1 aromatic carbocycles. The maximum Gasteiger partial charge on any atom is -0.00114 e. The molecule has 1 aromatic rings. The Hall–Kier alpha value is -0.860. The first-order chi connectivity index (χ1) is 4.93. The number of benzene rings is 1. The average Bonchev–Trinajstić information content (AvgIpc) is 2.03. The smallest absolute Gasteiger partial charge is 0.00114 e. The van der Waals surface area contributed by atoms with Gasteiger partial charge in [-0.3, -0.25) is 0 Å². The Kier molecular flexibility index (Phi) is 5.43. The van der Waals surface area contributed by atoms with Gasteiger partial charge in [0, 0.05) is 0 Å². The Morgan fingerprint density at radius 1 is 1.18 bits per heavy atom. The second-order valence-electron chi connectivity index (χ2n) is 2.34. The molecule has 0 aliphatic carbocycles. The van der Waals surface area contributed by atoms with Gasteiger partial charge in [-0.15, -0.1) is 0 Å². The minimum Gasteiger partial charge on any atom is -0.344 e. The van der Waals surface area contributed by atoms with E-state index in [0.29, 0.717) is 0 Å². The molecule has 0 aliphatic rings. The number of hydrogen-bond donors (Lipinski definition) is 2. The van der Waals surface area contributed by atoms with E-state index in [9.17, 15) is 0 Å². The monoisotopic (exact) mass is 152 g/mol. The van der Waals surface area contributed by atoms with Crippen LogP contribution in [0.15, 0.2) is 30.3 Å². The molecular weight excluding hydrogens is 136 g/mol. The summed E-state index contributed by atoms with van der Waals surface area (Å²) >= 11 is 0. The molecule has 0 unspecified atom stereocenters. The molecule has 0 bridgehead atoms. The van der Waals surface area contributed by atoms with Crippen LogP contribution in [-0.2, 0) is 6.42 Å². The third-order valence-electron chi connectivity index (χ3n) is 1.51. The molecule has 0 fully saturated rings. The van der Waals surface area contributed by atoms with Crippen LogP contribution < -0.4 is 11.5 Å². The fourth-order valence-corrected chi connectivity index (χ4v) is 0.914. The van der Waals surface area contributed by atoms with Crippen LogP contribution in [0.1, 0.15) is 5.56 Å². The highest BCUT2D eigenvalue weighted by atomic mass is 14.8. The summed E-state index contributed by atoms with van der Waals surface area (Å²) in [6.45, 7) is 1.06. The first-order valence-electron chi connectivity index (χ1n) is 3.62. The van der Waals surface area contributed by atoms with Gasteiger partial charge in [-0.2, -0.15) is 0 Å². The maximum atomic E-state index is 3.12. The zero-order valence-corrected chi connectivity index (χ0v) is 7.01. The first kappa shape index (κ1) is 10.1. The van der Waals surface area contributed by atoms with E-state index in [2.05, 4.69) is 29.6 Å². The predicted molar refractivity (Wildman–Crippen MR) is 49.1 cm³/mol. The summed E-state index contributed by atoms with van der Waals surface area (Å²) in [5, 5.41) is 3.12. The van der Waals surface area contributed by atoms with Gasteiger partial charge in [-0.25, -0.2) is 0 Å². The lowest BCUT2D eigenvalue weighted by Gasteiger charge is -1.97. The van der Waals surface area contributed by atoms with E-state index in [-0.39, 0.29) is 6.15 Å². The van der Waals surface area contributed by atoms with Crippen molar-refractivity contribution < 1.29 is 0 Å². The largest absolute Gasteiger partial charge is 0.344 e. The number of nitrogens with one attached hydrogen (secondary N) is 1. The van der Waals surface area contributed by atoms with Crippen LogP contribution in [0.2, 0.25) is 0 Å². The molecular formula is C9H16N2. The summed E-state index contributed by atoms with van der Waals surface area (Å²) in [5.41, 5.74) is 1.40. The third kappa shape index (κ3) is 3.75. The van der Waals surface area contributed by atoms with Crippen molar-refractivity contribution in [3.05, 3.63) is 35.9 Å². The van der Waals surface area contributed by atoms with E-state index < -0.39 is 0 Å². The molecule has 1 rings (SSSR count). The van der Waals surface area contributed by atoms with Gasteiger partial charge in [0.05, 0.1) is 0 Å². The highest BCUT2D eigenvalue weighted by Gasteiger charge is 1.86. The zero-order chi connectivity index (χ0) is 7.23. The van der Waals surface area contributed by atoms with Gasteiger partial charge in [0.15, 0.2) is 0 Å². The standard InChI is InChI=1S/C9H13N.H3N/c1-10-8-7-9-5-3-2-4-6-9;/h2-6,10H,7-8H2,1H3;1H3. The highest BCUT2D eigenvalue weighted by Crippen LogP contribution is 1.97. The zero-order valence-electron chi connectivity index (χ0n) is 7.01. The van der Waals surface area contributed by atoms with E-state index >= 15 is 0 Å². The van der Waals surface area contributed by atoms with Gasteiger partial charge in [-0.1, -0.05) is 30.3 Å². The lowest BCUT2D eigenvalue weighted by atomic mass is 10.2. The van der Waals surface area contributed by atoms with Crippen molar-refractivity contribution in [1.82, 2.24) is 11.5 Å². The molecule has 11 heavy (non-hydrogen) atoms. The molecule has 0 saturated heterocycles. The lowest BCUT2D eigenvalue weighted by Crippen LogP contribution is -2.09. The van der Waals surface area contributed by atoms with E-state index in [1.807, 2.05) is 13.1 Å². The Morgan fingerprint density at radius 3 is 2.36 bits per heavy atom. The molecule has 2 heteroatoms. The van der Waals surface area contributed by atoms with Crippen molar-refractivity contribution in [3.8, 4) is 0 Å². The molecule has 0 amide bonds. The summed E-state index contributed by atoms with van der Waals surface area (Å²) in [5.74, 6) is 0. The van der Waals surface area contributed by atoms with Crippen LogP contribution in [0.5, 0.6) is 0 Å². The summed E-state index contributed by atoms with van der Waals surface area (Å²) in [6, 6.07) is 10.5. The Morgan fingerprint density at radius 2 is 1.82 bits per heavy atom. The molecule has 0 atom stereocenters. The van der Waals surface area contributed by atoms with Crippen molar-refractivity contribution >= 4 is 0 Å². The summed E-state index contributed by atoms with van der Waals surface area (Å²) in [4.78, 5) is 0. The molecule has 0 saturated carbocycles. The normalized spacial score (nSPS) is 8.82. The molecule has 2 nitrogen and oxygen atoms in total. The fraction of sp³-hybridized carbons (Fsp3) is 0.333. The number of likely N-dealkylation sites (N-methyl/N-ethyl adjacent to an activating group) is 1. The van der Waals surface area contributed by atoms with Crippen LogP contribution in [-0.4, -0.2) is 13.6 Å². The third-order valence-corrected chi connectivity index (χ3v) is 1.51. The van der Waals surface area contributed by atoms with Crippen LogP contribution >= 0.6 is 0 Å². The molecule has 0 radical (unpaired) electrons. The molecule has 0 aromatic heterocycles. The Labute approximate surface area is 68.2 Å². The highest BCUT2D eigenvalue weighted by molar-refractivity contribution is 5.14. The molecule has 0 aliphatic heterocycles. The summed E-state index contributed by atoms with van der Waals surface area (Å²) in [7, 11) is 1.98. The molecule has 62 valence electrons. The van der Waals surface area contributed by atoms with Crippen molar-refractivity contribution in [3.63, 3.8) is 0 Å². The van der Waals surface area contributed by atoms with Gasteiger partial charge < -0.3 is 11.5 Å². The minimum atomic E-state index is 0. The van der Waals surface area contributed by atoms with Crippen LogP contribution in [0.4, 0.5) is 0 Å². The van der Waals surface area contributed by atoms with E-state index in [1.54, 1.807) is 0 Å². The molecule has 4 N–H and O–H groups in total. The van der Waals surface area contributed by atoms with Crippen molar-refractivity contribution in [2.45, 2.75) is 6.42 Å². The minimum absolute atomic E-state index is 0. The van der Waals surface area contributed by atoms with E-state index in [4.69, 9.17) is 0 Å². The Bertz CT molecular complexity index is 172. The van der Waals surface area contributed by atoms with Crippen molar-refractivity contribution in [2.75, 3.05) is 13.6 Å². The van der Waals surface area contributed by atoms with Crippen molar-refractivity contribution in [1.29, 1.82) is 0 Å². The van der Waals surface area contributed by atoms with Gasteiger partial charge >= 0.3 is 0 Å². The maximum absolute atomic E-state index is 3.12.